The van der Waals surface area contributed by atoms with Gasteiger partial charge in [0.15, 0.2) is 0 Å². The molecule has 1 fully saturated rings. The molecule has 1 aliphatic heterocycles. The molecule has 0 N–H and O–H groups in total. The van der Waals surface area contributed by atoms with Crippen LogP contribution in [0.4, 0.5) is 0 Å². The van der Waals surface area contributed by atoms with E-state index < -0.39 is 0 Å². The van der Waals surface area contributed by atoms with Crippen LogP contribution in [0.2, 0.25) is 0 Å². The summed E-state index contributed by atoms with van der Waals surface area (Å²) in [6.07, 6.45) is 3.45. The zero-order valence-corrected chi connectivity index (χ0v) is 19.1. The van der Waals surface area contributed by atoms with Crippen molar-refractivity contribution in [2.24, 2.45) is 0 Å². The predicted octanol–water partition coefficient (Wildman–Crippen LogP) is 5.08. The minimum Gasteiger partial charge on any atom is -0.496 e. The van der Waals surface area contributed by atoms with Crippen molar-refractivity contribution in [2.45, 2.75) is 20.8 Å². The van der Waals surface area contributed by atoms with Gasteiger partial charge in [-0.3, -0.25) is 4.79 Å². The second-order valence-corrected chi connectivity index (χ2v) is 7.80. The minimum atomic E-state index is -0.0110. The average Bonchev–Trinajstić information content (AvgIpc) is 3.25. The second kappa shape index (κ2) is 9.49. The van der Waals surface area contributed by atoms with Gasteiger partial charge < -0.3 is 23.5 Å². The smallest absolute Gasteiger partial charge is 0.247 e. The summed E-state index contributed by atoms with van der Waals surface area (Å²) in [5.74, 6) is 1.51. The number of ether oxygens (including phenoxy) is 3. The largest absolute Gasteiger partial charge is 0.496 e. The van der Waals surface area contributed by atoms with E-state index in [-0.39, 0.29) is 5.91 Å². The molecule has 6 heteroatoms. The van der Waals surface area contributed by atoms with Crippen molar-refractivity contribution in [3.63, 3.8) is 0 Å². The lowest BCUT2D eigenvalue weighted by atomic mass is 9.96. The lowest BCUT2D eigenvalue weighted by Crippen LogP contribution is -2.39. The van der Waals surface area contributed by atoms with E-state index in [4.69, 9.17) is 18.6 Å². The van der Waals surface area contributed by atoms with Gasteiger partial charge in [-0.25, -0.2) is 0 Å². The molecule has 0 radical (unpaired) electrons. The molecule has 0 saturated carbocycles. The zero-order chi connectivity index (χ0) is 22.7. The summed E-state index contributed by atoms with van der Waals surface area (Å²) in [4.78, 5) is 14.7. The van der Waals surface area contributed by atoms with E-state index in [1.165, 1.54) is 0 Å². The third-order valence-electron chi connectivity index (χ3n) is 5.82. The Morgan fingerprint density at radius 3 is 2.66 bits per heavy atom. The molecular formula is C26H29NO5. The van der Waals surface area contributed by atoms with Crippen molar-refractivity contribution in [3.05, 3.63) is 53.8 Å². The highest BCUT2D eigenvalue weighted by atomic mass is 16.5. The van der Waals surface area contributed by atoms with Crippen LogP contribution < -0.4 is 9.47 Å². The predicted molar refractivity (Wildman–Crippen MR) is 125 cm³/mol. The van der Waals surface area contributed by atoms with E-state index in [1.807, 2.05) is 49.9 Å². The third-order valence-corrected chi connectivity index (χ3v) is 5.82. The van der Waals surface area contributed by atoms with Crippen molar-refractivity contribution in [2.75, 3.05) is 40.0 Å². The van der Waals surface area contributed by atoms with Crippen LogP contribution in [0.25, 0.3) is 27.7 Å². The number of fused-ring (bicyclic) bond motifs is 1. The van der Waals surface area contributed by atoms with Gasteiger partial charge >= 0.3 is 0 Å². The van der Waals surface area contributed by atoms with E-state index in [0.29, 0.717) is 32.9 Å². The molecule has 0 atom stereocenters. The SMILES string of the molecule is CCOc1c(/C(C)=C/C(=O)N2CCOCC2)cc2c(-c3ccccc3OC)coc2c1C. The summed E-state index contributed by atoms with van der Waals surface area (Å²) >= 11 is 0. The van der Waals surface area contributed by atoms with E-state index in [2.05, 4.69) is 6.07 Å². The Morgan fingerprint density at radius 2 is 1.94 bits per heavy atom. The number of allylic oxidation sites excluding steroid dienone is 1. The molecule has 32 heavy (non-hydrogen) atoms. The number of carbonyl (C=O) groups excluding carboxylic acids is 1. The molecule has 1 aliphatic rings. The molecule has 1 saturated heterocycles. The van der Waals surface area contributed by atoms with Gasteiger partial charge in [-0.15, -0.1) is 0 Å². The molecule has 0 spiro atoms. The Balaban J connectivity index is 1.84. The summed E-state index contributed by atoms with van der Waals surface area (Å²) in [6.45, 7) is 8.78. The first-order valence-electron chi connectivity index (χ1n) is 10.9. The van der Waals surface area contributed by atoms with Crippen LogP contribution in [0.1, 0.15) is 25.0 Å². The third kappa shape index (κ3) is 4.10. The zero-order valence-electron chi connectivity index (χ0n) is 19.1. The van der Waals surface area contributed by atoms with Crippen LogP contribution in [0.3, 0.4) is 0 Å². The highest BCUT2D eigenvalue weighted by molar-refractivity contribution is 6.02. The van der Waals surface area contributed by atoms with Crippen molar-refractivity contribution in [3.8, 4) is 22.6 Å². The van der Waals surface area contributed by atoms with Crippen LogP contribution in [-0.4, -0.2) is 50.8 Å². The van der Waals surface area contributed by atoms with Crippen LogP contribution in [-0.2, 0) is 9.53 Å². The van der Waals surface area contributed by atoms with Gasteiger partial charge in [0.05, 0.1) is 33.2 Å². The number of amides is 1. The topological polar surface area (TPSA) is 61.1 Å². The number of para-hydroxylation sites is 1. The number of nitrogens with zero attached hydrogens (tertiary/aromatic N) is 1. The van der Waals surface area contributed by atoms with Crippen LogP contribution in [0, 0.1) is 6.92 Å². The van der Waals surface area contributed by atoms with E-state index >= 15 is 0 Å². The average molecular weight is 436 g/mol. The highest BCUT2D eigenvalue weighted by Gasteiger charge is 2.21. The van der Waals surface area contributed by atoms with Crippen molar-refractivity contribution in [1.82, 2.24) is 4.90 Å². The lowest BCUT2D eigenvalue weighted by molar-refractivity contribution is -0.129. The second-order valence-electron chi connectivity index (χ2n) is 7.80. The minimum absolute atomic E-state index is 0.0110. The molecule has 0 bridgehead atoms. The van der Waals surface area contributed by atoms with Gasteiger partial charge in [-0.2, -0.15) is 0 Å². The van der Waals surface area contributed by atoms with Gasteiger partial charge in [-0.05, 0) is 38.5 Å². The molecule has 0 aliphatic carbocycles. The van der Waals surface area contributed by atoms with Crippen molar-refractivity contribution in [1.29, 1.82) is 0 Å². The first-order valence-corrected chi connectivity index (χ1v) is 10.9. The number of furan rings is 1. The standard InChI is InChI=1S/C26H29NO5/c1-5-31-25-18(3)26-21(22(16-32-26)19-8-6-7-9-23(19)29-4)15-20(25)17(2)14-24(28)27-10-12-30-13-11-27/h6-9,14-16H,5,10-13H2,1-4H3/b17-14+. The Labute approximate surface area is 188 Å². The lowest BCUT2D eigenvalue weighted by Gasteiger charge is -2.26. The van der Waals surface area contributed by atoms with Crippen molar-refractivity contribution < 1.29 is 23.4 Å². The maximum absolute atomic E-state index is 12.8. The number of hydrogen-bond donors (Lipinski definition) is 0. The van der Waals surface area contributed by atoms with E-state index in [9.17, 15) is 4.79 Å². The van der Waals surface area contributed by atoms with E-state index in [0.717, 1.165) is 50.3 Å². The number of hydrogen-bond acceptors (Lipinski definition) is 5. The van der Waals surface area contributed by atoms with Crippen LogP contribution >= 0.6 is 0 Å². The maximum Gasteiger partial charge on any atom is 0.247 e. The number of rotatable bonds is 6. The Morgan fingerprint density at radius 1 is 1.19 bits per heavy atom. The maximum atomic E-state index is 12.8. The first-order chi connectivity index (χ1) is 15.5. The molecule has 3 aromatic rings. The normalized spacial score (nSPS) is 14.6. The van der Waals surface area contributed by atoms with Crippen LogP contribution in [0.5, 0.6) is 11.5 Å². The summed E-state index contributed by atoms with van der Waals surface area (Å²) in [5.41, 5.74) is 5.31. The van der Waals surface area contributed by atoms with Gasteiger partial charge in [-0.1, -0.05) is 18.2 Å². The first kappa shape index (κ1) is 22.0. The quantitative estimate of drug-likeness (QED) is 0.506. The molecule has 6 nitrogen and oxygen atoms in total. The Kier molecular flexibility index (Phi) is 6.51. The Bertz CT molecular complexity index is 1150. The number of aryl methyl sites for hydroxylation is 1. The van der Waals surface area contributed by atoms with E-state index in [1.54, 1.807) is 19.4 Å². The molecule has 2 heterocycles. The fourth-order valence-corrected chi connectivity index (χ4v) is 4.15. The Hall–Kier alpha value is -3.25. The molecule has 4 rings (SSSR count). The summed E-state index contributed by atoms with van der Waals surface area (Å²) < 4.78 is 22.9. The van der Waals surface area contributed by atoms with Crippen molar-refractivity contribution >= 4 is 22.4 Å². The number of carbonyl (C=O) groups is 1. The van der Waals surface area contributed by atoms with Gasteiger partial charge in [0.25, 0.3) is 0 Å². The summed E-state index contributed by atoms with van der Waals surface area (Å²) in [7, 11) is 1.66. The summed E-state index contributed by atoms with van der Waals surface area (Å²) in [6, 6.07) is 9.92. The highest BCUT2D eigenvalue weighted by Crippen LogP contribution is 2.42. The summed E-state index contributed by atoms with van der Waals surface area (Å²) in [5, 5.41) is 0.956. The van der Waals surface area contributed by atoms with Crippen LogP contribution in [0.15, 0.2) is 47.1 Å². The molecular weight excluding hydrogens is 406 g/mol. The monoisotopic (exact) mass is 435 g/mol. The molecule has 1 amide bonds. The van der Waals surface area contributed by atoms with Gasteiger partial charge in [0.2, 0.25) is 5.91 Å². The number of benzene rings is 2. The number of morpholine rings is 1. The van der Waals surface area contributed by atoms with Gasteiger partial charge in [0, 0.05) is 46.8 Å². The fraction of sp³-hybridized carbons (Fsp3) is 0.346. The molecule has 168 valence electrons. The fourth-order valence-electron chi connectivity index (χ4n) is 4.15. The van der Waals surface area contributed by atoms with Gasteiger partial charge in [0.1, 0.15) is 17.1 Å². The molecule has 2 aromatic carbocycles. The molecule has 1 aromatic heterocycles. The number of methoxy groups -OCH3 is 1. The molecule has 0 unspecified atom stereocenters.